The summed E-state index contributed by atoms with van der Waals surface area (Å²) >= 11 is 0. The van der Waals surface area contributed by atoms with Crippen LogP contribution in [0.25, 0.3) is 0 Å². The zero-order chi connectivity index (χ0) is 15.2. The molecule has 0 aliphatic heterocycles. The van der Waals surface area contributed by atoms with Crippen LogP contribution < -0.4 is 5.11 Å². The lowest BCUT2D eigenvalue weighted by Gasteiger charge is -2.12. The molecule has 2 nitrogen and oxygen atoms in total. The average Bonchev–Trinajstić information content (AvgIpc) is 2.70. The van der Waals surface area contributed by atoms with Crippen LogP contribution in [-0.4, -0.2) is 6.47 Å². The molecule has 0 saturated carbocycles. The zero-order valence-electron chi connectivity index (χ0n) is 13.4. The molecule has 0 fully saturated rings. The van der Waals surface area contributed by atoms with E-state index in [9.17, 15) is 0 Å². The average molecular weight is 291 g/mol. The van der Waals surface area contributed by atoms with Gasteiger partial charge >= 0.3 is 0 Å². The molecule has 2 aliphatic carbocycles. The molecule has 120 valence electrons. The molecule has 0 aromatic rings. The van der Waals surface area contributed by atoms with Crippen molar-refractivity contribution in [3.63, 3.8) is 0 Å². The molecule has 0 aromatic heterocycles. The van der Waals surface area contributed by atoms with Crippen LogP contribution in [0, 0.1) is 0 Å². The van der Waals surface area contributed by atoms with E-state index < -0.39 is 6.47 Å². The molecule has 0 atom stereocenters. The van der Waals surface area contributed by atoms with Gasteiger partial charge in [-0.15, -0.1) is 0 Å². The van der Waals surface area contributed by atoms with Crippen molar-refractivity contribution < 1.29 is 9.90 Å². The van der Waals surface area contributed by atoms with Gasteiger partial charge in [0.2, 0.25) is 0 Å². The Morgan fingerprint density at radius 3 is 1.43 bits per heavy atom. The Hall–Kier alpha value is -1.05. The summed E-state index contributed by atoms with van der Waals surface area (Å²) in [4.78, 5) is 8.25. The lowest BCUT2D eigenvalue weighted by atomic mass is 9.94. The van der Waals surface area contributed by atoms with E-state index in [2.05, 4.69) is 12.2 Å². The lowest BCUT2D eigenvalue weighted by molar-refractivity contribution is -0.283. The number of carboxylic acid groups (broad SMARTS) is 1. The highest BCUT2D eigenvalue weighted by Crippen LogP contribution is 2.28. The minimum absolute atomic E-state index is 0.500. The highest BCUT2D eigenvalue weighted by atomic mass is 16.3. The molecule has 0 aromatic carbocycles. The second-order valence-electron chi connectivity index (χ2n) is 6.17. The molecule has 2 aliphatic rings. The van der Waals surface area contributed by atoms with Crippen molar-refractivity contribution >= 4 is 6.47 Å². The van der Waals surface area contributed by atoms with Crippen LogP contribution in [-0.2, 0) is 4.79 Å². The number of carbonyl (C=O) groups excluding carboxylic acids is 1. The summed E-state index contributed by atoms with van der Waals surface area (Å²) in [6, 6.07) is 0. The molecule has 0 N–H and O–H groups in total. The summed E-state index contributed by atoms with van der Waals surface area (Å²) in [7, 11) is 0. The fourth-order valence-electron chi connectivity index (χ4n) is 3.32. The Morgan fingerprint density at radius 1 is 0.667 bits per heavy atom. The molecule has 2 rings (SSSR count). The zero-order valence-corrected chi connectivity index (χ0v) is 13.4. The molecule has 21 heavy (non-hydrogen) atoms. The summed E-state index contributed by atoms with van der Waals surface area (Å²) in [6.07, 6.45) is 24.9. The molecule has 0 bridgehead atoms. The maximum Gasteiger partial charge on any atom is 0.0275 e. The topological polar surface area (TPSA) is 40.1 Å². The number of hydrogen-bond donors (Lipinski definition) is 0. The van der Waals surface area contributed by atoms with Crippen LogP contribution in [0.15, 0.2) is 23.3 Å². The predicted octanol–water partition coefficient (Wildman–Crippen LogP) is 4.69. The van der Waals surface area contributed by atoms with Crippen LogP contribution in [0.5, 0.6) is 0 Å². The van der Waals surface area contributed by atoms with E-state index in [1.54, 1.807) is 11.1 Å². The molecule has 0 unspecified atom stereocenters. The molecule has 0 spiro atoms. The first-order valence-electron chi connectivity index (χ1n) is 8.82. The Bertz CT molecular complexity index is 298. The van der Waals surface area contributed by atoms with Gasteiger partial charge in [0.15, 0.2) is 0 Å². The van der Waals surface area contributed by atoms with E-state index in [0.29, 0.717) is 0 Å². The Labute approximate surface area is 130 Å². The summed E-state index contributed by atoms with van der Waals surface area (Å²) in [5.41, 5.74) is 3.44. The first-order valence-corrected chi connectivity index (χ1v) is 8.82. The smallest absolute Gasteiger partial charge is 0.0275 e. The highest BCUT2D eigenvalue weighted by molar-refractivity contribution is 5.31. The van der Waals surface area contributed by atoms with Crippen molar-refractivity contribution in [3.8, 4) is 0 Å². The van der Waals surface area contributed by atoms with Crippen molar-refractivity contribution in [2.75, 3.05) is 0 Å². The van der Waals surface area contributed by atoms with E-state index in [0.717, 1.165) is 0 Å². The quantitative estimate of drug-likeness (QED) is 0.657. The van der Waals surface area contributed by atoms with Crippen molar-refractivity contribution in [1.29, 1.82) is 0 Å². The van der Waals surface area contributed by atoms with Gasteiger partial charge in [-0.25, -0.2) is 0 Å². The van der Waals surface area contributed by atoms with Gasteiger partial charge in [0.1, 0.15) is 0 Å². The van der Waals surface area contributed by atoms with Crippen LogP contribution in [0.3, 0.4) is 0 Å². The maximum absolute atomic E-state index is 8.25. The molecule has 0 saturated heterocycles. The number of rotatable bonds is 1. The van der Waals surface area contributed by atoms with Gasteiger partial charge in [-0.3, -0.25) is 0 Å². The second kappa shape index (κ2) is 12.7. The molecule has 0 radical (unpaired) electrons. The van der Waals surface area contributed by atoms with Crippen molar-refractivity contribution in [2.45, 2.75) is 89.9 Å². The third kappa shape index (κ3) is 8.75. The standard InChI is InChI=1S/C18H30.CH2O2/c1-2-6-10-14-17(13-9-5-1)18-15-11-7-3-4-8-12-16-18;2-1-3/h13,15H,1-12,14,16H2;1H,(H,2,3)/p-1/b17-13+,18-15+;. The normalized spacial score (nSPS) is 26.5. The van der Waals surface area contributed by atoms with E-state index >= 15 is 0 Å². The lowest BCUT2D eigenvalue weighted by Crippen LogP contribution is -2.01. The number of allylic oxidation sites excluding steroid dienone is 4. The number of carbonyl (C=O) groups is 1. The predicted molar refractivity (Wildman–Crippen MR) is 86.9 cm³/mol. The molecule has 2 heteroatoms. The van der Waals surface area contributed by atoms with Crippen LogP contribution in [0.1, 0.15) is 89.9 Å². The van der Waals surface area contributed by atoms with Crippen molar-refractivity contribution in [1.82, 2.24) is 0 Å². The van der Waals surface area contributed by atoms with Crippen LogP contribution in [0.2, 0.25) is 0 Å². The first kappa shape index (κ1) is 18.0. The fraction of sp³-hybridized carbons (Fsp3) is 0.737. The van der Waals surface area contributed by atoms with E-state index in [-0.39, 0.29) is 0 Å². The van der Waals surface area contributed by atoms with Gasteiger partial charge in [-0.1, -0.05) is 50.7 Å². The van der Waals surface area contributed by atoms with Crippen LogP contribution >= 0.6 is 0 Å². The van der Waals surface area contributed by atoms with Gasteiger partial charge in [-0.2, -0.15) is 0 Å². The maximum atomic E-state index is 8.25. The summed E-state index contributed by atoms with van der Waals surface area (Å²) in [5, 5.41) is 8.25. The SMILES string of the molecule is C1=C(/C2=C/CCCCCCC2)CCCCCCC/1.O=C[O-]. The largest absolute Gasteiger partial charge is 0.554 e. The third-order valence-corrected chi connectivity index (χ3v) is 4.49. The van der Waals surface area contributed by atoms with Crippen LogP contribution in [0.4, 0.5) is 0 Å². The minimum Gasteiger partial charge on any atom is -0.554 e. The molecule has 0 amide bonds. The van der Waals surface area contributed by atoms with E-state index in [1.165, 1.54) is 89.9 Å². The third-order valence-electron chi connectivity index (χ3n) is 4.49. The second-order valence-corrected chi connectivity index (χ2v) is 6.17. The first-order chi connectivity index (χ1) is 10.4. The minimum atomic E-state index is -0.500. The molecular formula is C19H31O2-. The molecular weight excluding hydrogens is 260 g/mol. The van der Waals surface area contributed by atoms with Gasteiger partial charge in [0.05, 0.1) is 0 Å². The van der Waals surface area contributed by atoms with Crippen molar-refractivity contribution in [3.05, 3.63) is 23.3 Å². The summed E-state index contributed by atoms with van der Waals surface area (Å²) < 4.78 is 0. The summed E-state index contributed by atoms with van der Waals surface area (Å²) in [6.45, 7) is -0.500. The Morgan fingerprint density at radius 2 is 1.00 bits per heavy atom. The Kier molecular flexibility index (Phi) is 10.9. The van der Waals surface area contributed by atoms with Crippen molar-refractivity contribution in [2.24, 2.45) is 0 Å². The van der Waals surface area contributed by atoms with Gasteiger partial charge in [0.25, 0.3) is 0 Å². The number of hydrogen-bond acceptors (Lipinski definition) is 2. The van der Waals surface area contributed by atoms with Gasteiger partial charge in [-0.05, 0) is 62.5 Å². The Balaban J connectivity index is 0.000000677. The fourth-order valence-corrected chi connectivity index (χ4v) is 3.32. The van der Waals surface area contributed by atoms with Gasteiger partial charge in [0, 0.05) is 6.47 Å². The summed E-state index contributed by atoms with van der Waals surface area (Å²) in [5.74, 6) is 0. The van der Waals surface area contributed by atoms with Gasteiger partial charge < -0.3 is 9.90 Å². The molecule has 0 heterocycles. The monoisotopic (exact) mass is 291 g/mol. The highest BCUT2D eigenvalue weighted by Gasteiger charge is 2.08. The van der Waals surface area contributed by atoms with E-state index in [4.69, 9.17) is 9.90 Å². The van der Waals surface area contributed by atoms with E-state index in [1.807, 2.05) is 0 Å².